The van der Waals surface area contributed by atoms with Crippen molar-refractivity contribution in [1.29, 1.82) is 0 Å². The van der Waals surface area contributed by atoms with Crippen molar-refractivity contribution in [2.45, 2.75) is 0 Å². The van der Waals surface area contributed by atoms with Gasteiger partial charge in [-0.15, -0.1) is 0 Å². The Kier molecular flexibility index (Phi) is 2.98. The van der Waals surface area contributed by atoms with Gasteiger partial charge in [0.2, 0.25) is 0 Å². The quantitative estimate of drug-likeness (QED) is 0.400. The van der Waals surface area contributed by atoms with Gasteiger partial charge in [-0.2, -0.15) is 0 Å². The molecule has 1 amide bonds. The molecule has 0 spiro atoms. The lowest BCUT2D eigenvalue weighted by Crippen LogP contribution is -2.22. The van der Waals surface area contributed by atoms with Gasteiger partial charge in [0.1, 0.15) is 0 Å². The SMILES string of the molecule is O=C(Nc1ccc2cc[nH]c2c1)C(=O)c1c[nH]c2ccccc12. The summed E-state index contributed by atoms with van der Waals surface area (Å²) in [5.74, 6) is -1.21. The molecule has 23 heavy (non-hydrogen) atoms. The highest BCUT2D eigenvalue weighted by Gasteiger charge is 2.20. The number of aromatic nitrogens is 2. The number of carbonyl (C=O) groups is 2. The van der Waals surface area contributed by atoms with E-state index in [-0.39, 0.29) is 0 Å². The predicted molar refractivity (Wildman–Crippen MR) is 89.6 cm³/mol. The number of H-pyrrole nitrogens is 2. The lowest BCUT2D eigenvalue weighted by Gasteiger charge is -2.04. The number of hydrogen-bond acceptors (Lipinski definition) is 2. The summed E-state index contributed by atoms with van der Waals surface area (Å²) < 4.78 is 0. The van der Waals surface area contributed by atoms with E-state index in [0.29, 0.717) is 11.3 Å². The maximum atomic E-state index is 12.4. The van der Waals surface area contributed by atoms with E-state index in [1.165, 1.54) is 0 Å². The van der Waals surface area contributed by atoms with Crippen LogP contribution in [0.15, 0.2) is 60.9 Å². The molecule has 5 heteroatoms. The van der Waals surface area contributed by atoms with E-state index >= 15 is 0 Å². The van der Waals surface area contributed by atoms with Crippen molar-refractivity contribution < 1.29 is 9.59 Å². The normalized spacial score (nSPS) is 11.0. The fraction of sp³-hybridized carbons (Fsp3) is 0. The first kappa shape index (κ1) is 13.3. The highest BCUT2D eigenvalue weighted by atomic mass is 16.2. The van der Waals surface area contributed by atoms with E-state index in [4.69, 9.17) is 0 Å². The molecule has 0 aliphatic heterocycles. The highest BCUT2D eigenvalue weighted by molar-refractivity contribution is 6.48. The number of hydrogen-bond donors (Lipinski definition) is 3. The topological polar surface area (TPSA) is 77.8 Å². The molecule has 0 unspecified atom stereocenters. The standard InChI is InChI=1S/C18H13N3O2/c22-17(14-10-20-15-4-2-1-3-13(14)15)18(23)21-12-6-5-11-7-8-19-16(11)9-12/h1-10,19-20H,(H,21,23). The van der Waals surface area contributed by atoms with Gasteiger partial charge in [-0.05, 0) is 29.7 Å². The van der Waals surface area contributed by atoms with Gasteiger partial charge in [0.05, 0.1) is 5.56 Å². The van der Waals surface area contributed by atoms with E-state index < -0.39 is 11.7 Å². The lowest BCUT2D eigenvalue weighted by molar-refractivity contribution is -0.112. The Labute approximate surface area is 131 Å². The monoisotopic (exact) mass is 303 g/mol. The molecule has 0 bridgehead atoms. The lowest BCUT2D eigenvalue weighted by atomic mass is 10.1. The number of rotatable bonds is 3. The zero-order valence-corrected chi connectivity index (χ0v) is 12.1. The third-order valence-corrected chi connectivity index (χ3v) is 3.85. The zero-order chi connectivity index (χ0) is 15.8. The Morgan fingerprint density at radius 1 is 0.913 bits per heavy atom. The summed E-state index contributed by atoms with van der Waals surface area (Å²) >= 11 is 0. The van der Waals surface area contributed by atoms with Crippen LogP contribution in [0.4, 0.5) is 5.69 Å². The van der Waals surface area contributed by atoms with Gasteiger partial charge >= 0.3 is 0 Å². The fourth-order valence-corrected chi connectivity index (χ4v) is 2.70. The second kappa shape index (κ2) is 5.14. The van der Waals surface area contributed by atoms with Crippen LogP contribution < -0.4 is 5.32 Å². The molecule has 0 fully saturated rings. The van der Waals surface area contributed by atoms with Crippen molar-refractivity contribution in [3.8, 4) is 0 Å². The van der Waals surface area contributed by atoms with Crippen molar-refractivity contribution in [3.05, 3.63) is 66.5 Å². The summed E-state index contributed by atoms with van der Waals surface area (Å²) in [5, 5.41) is 4.44. The van der Waals surface area contributed by atoms with Crippen LogP contribution in [-0.4, -0.2) is 21.7 Å². The third kappa shape index (κ3) is 2.28. The first-order valence-corrected chi connectivity index (χ1v) is 7.21. The summed E-state index contributed by atoms with van der Waals surface area (Å²) in [5.41, 5.74) is 2.69. The second-order valence-corrected chi connectivity index (χ2v) is 5.31. The molecule has 3 N–H and O–H groups in total. The van der Waals surface area contributed by atoms with Crippen molar-refractivity contribution in [3.63, 3.8) is 0 Å². The molecule has 5 nitrogen and oxygen atoms in total. The smallest absolute Gasteiger partial charge is 0.296 e. The number of nitrogens with one attached hydrogen (secondary N) is 3. The molecule has 4 rings (SSSR count). The number of amides is 1. The van der Waals surface area contributed by atoms with Crippen LogP contribution in [0.5, 0.6) is 0 Å². The average Bonchev–Trinajstić information content (AvgIpc) is 3.20. The van der Waals surface area contributed by atoms with Crippen molar-refractivity contribution in [2.75, 3.05) is 5.32 Å². The summed E-state index contributed by atoms with van der Waals surface area (Å²) in [7, 11) is 0. The van der Waals surface area contributed by atoms with Crippen molar-refractivity contribution in [2.24, 2.45) is 0 Å². The molecule has 2 aromatic heterocycles. The van der Waals surface area contributed by atoms with Crippen LogP contribution in [0.3, 0.4) is 0 Å². The molecular formula is C18H13N3O2. The van der Waals surface area contributed by atoms with Crippen LogP contribution in [0.25, 0.3) is 21.8 Å². The number of ketones is 1. The maximum absolute atomic E-state index is 12.4. The van der Waals surface area contributed by atoms with E-state index in [1.54, 1.807) is 18.3 Å². The molecule has 2 heterocycles. The van der Waals surface area contributed by atoms with Crippen LogP contribution in [0.2, 0.25) is 0 Å². The fourth-order valence-electron chi connectivity index (χ4n) is 2.70. The Morgan fingerprint density at radius 2 is 1.78 bits per heavy atom. The first-order chi connectivity index (χ1) is 11.2. The molecule has 0 radical (unpaired) electrons. The minimum Gasteiger partial charge on any atom is -0.361 e. The Bertz CT molecular complexity index is 1040. The maximum Gasteiger partial charge on any atom is 0.296 e. The summed E-state index contributed by atoms with van der Waals surface area (Å²) in [6.45, 7) is 0. The highest BCUT2D eigenvalue weighted by Crippen LogP contribution is 2.20. The number of Topliss-reactive ketones (excluding diaryl/α,β-unsaturated/α-hetero) is 1. The molecule has 0 aliphatic carbocycles. The number of carbonyl (C=O) groups excluding carboxylic acids is 2. The van der Waals surface area contributed by atoms with Crippen molar-refractivity contribution in [1.82, 2.24) is 9.97 Å². The van der Waals surface area contributed by atoms with Gasteiger partial charge in [0, 0.05) is 34.5 Å². The second-order valence-electron chi connectivity index (χ2n) is 5.31. The Balaban J connectivity index is 1.62. The molecule has 0 saturated carbocycles. The predicted octanol–water partition coefficient (Wildman–Crippen LogP) is 3.47. The molecule has 0 saturated heterocycles. The Morgan fingerprint density at radius 3 is 2.70 bits per heavy atom. The number of benzene rings is 2. The molecule has 4 aromatic rings. The minimum absolute atomic E-state index is 0.374. The van der Waals surface area contributed by atoms with E-state index in [1.807, 2.05) is 42.6 Å². The number of para-hydroxylation sites is 1. The first-order valence-electron chi connectivity index (χ1n) is 7.21. The van der Waals surface area contributed by atoms with Crippen LogP contribution in [0.1, 0.15) is 10.4 Å². The molecule has 2 aromatic carbocycles. The number of fused-ring (bicyclic) bond motifs is 2. The largest absolute Gasteiger partial charge is 0.361 e. The van der Waals surface area contributed by atoms with Gasteiger partial charge in [-0.1, -0.05) is 24.3 Å². The number of aromatic amines is 2. The van der Waals surface area contributed by atoms with E-state index in [0.717, 1.165) is 21.8 Å². The van der Waals surface area contributed by atoms with Crippen LogP contribution in [0, 0.1) is 0 Å². The summed E-state index contributed by atoms with van der Waals surface area (Å²) in [4.78, 5) is 30.7. The summed E-state index contributed by atoms with van der Waals surface area (Å²) in [6, 6.07) is 14.8. The van der Waals surface area contributed by atoms with E-state index in [2.05, 4.69) is 15.3 Å². The zero-order valence-electron chi connectivity index (χ0n) is 12.1. The molecular weight excluding hydrogens is 290 g/mol. The number of anilines is 1. The van der Waals surface area contributed by atoms with E-state index in [9.17, 15) is 9.59 Å². The van der Waals surface area contributed by atoms with Gasteiger partial charge in [0.25, 0.3) is 11.7 Å². The van der Waals surface area contributed by atoms with Crippen LogP contribution in [-0.2, 0) is 4.79 Å². The van der Waals surface area contributed by atoms with Gasteiger partial charge in [-0.25, -0.2) is 0 Å². The van der Waals surface area contributed by atoms with Gasteiger partial charge < -0.3 is 15.3 Å². The minimum atomic E-state index is -0.652. The Hall–Kier alpha value is -3.34. The molecule has 112 valence electrons. The molecule has 0 atom stereocenters. The molecule has 0 aliphatic rings. The van der Waals surface area contributed by atoms with Crippen LogP contribution >= 0.6 is 0 Å². The average molecular weight is 303 g/mol. The summed E-state index contributed by atoms with van der Waals surface area (Å²) in [6.07, 6.45) is 3.40. The van der Waals surface area contributed by atoms with Crippen molar-refractivity contribution >= 4 is 39.2 Å². The third-order valence-electron chi connectivity index (χ3n) is 3.85. The van der Waals surface area contributed by atoms with Gasteiger partial charge in [0.15, 0.2) is 0 Å². The van der Waals surface area contributed by atoms with Gasteiger partial charge in [-0.3, -0.25) is 9.59 Å².